The van der Waals surface area contributed by atoms with Gasteiger partial charge in [-0.1, -0.05) is 50.7 Å². The monoisotopic (exact) mass is 411 g/mol. The highest BCUT2D eigenvalue weighted by Gasteiger charge is 2.33. The third kappa shape index (κ3) is 4.58. The number of carbonyl (C=O) groups is 2. The van der Waals surface area contributed by atoms with E-state index < -0.39 is 5.97 Å². The lowest BCUT2D eigenvalue weighted by Crippen LogP contribution is -2.50. The van der Waals surface area contributed by atoms with Crippen LogP contribution in [0.5, 0.6) is 0 Å². The second kappa shape index (κ2) is 9.45. The van der Waals surface area contributed by atoms with Crippen LogP contribution in [0, 0.1) is 0 Å². The maximum atomic E-state index is 13.1. The lowest BCUT2D eigenvalue weighted by Gasteiger charge is -2.41. The van der Waals surface area contributed by atoms with Crippen LogP contribution in [0.15, 0.2) is 39.5 Å². The van der Waals surface area contributed by atoms with E-state index >= 15 is 0 Å². The second-order valence-electron chi connectivity index (χ2n) is 8.43. The van der Waals surface area contributed by atoms with Crippen molar-refractivity contribution in [1.29, 1.82) is 0 Å². The van der Waals surface area contributed by atoms with E-state index in [0.717, 1.165) is 57.4 Å². The highest BCUT2D eigenvalue weighted by atomic mass is 16.5. The molecule has 1 aromatic heterocycles. The first-order chi connectivity index (χ1) is 14.6. The quantitative estimate of drug-likeness (QED) is 0.680. The molecule has 1 amide bonds. The molecule has 0 N–H and O–H groups in total. The summed E-state index contributed by atoms with van der Waals surface area (Å²) >= 11 is 0. The molecular formula is C24H29NO5. The van der Waals surface area contributed by atoms with Crippen molar-refractivity contribution in [3.8, 4) is 0 Å². The predicted molar refractivity (Wildman–Crippen MR) is 113 cm³/mol. The molecule has 2 aliphatic rings. The molecule has 0 radical (unpaired) electrons. The molecule has 2 saturated carbocycles. The molecule has 6 heteroatoms. The SMILES string of the molecule is O=C(OCC(=O)N(C1CCCCC1)C1CCCCC1)c1cc(=O)c2ccccc2o1. The largest absolute Gasteiger partial charge is 0.450 e. The van der Waals surface area contributed by atoms with E-state index in [4.69, 9.17) is 9.15 Å². The molecule has 1 aromatic carbocycles. The zero-order valence-electron chi connectivity index (χ0n) is 17.3. The number of para-hydroxylation sites is 1. The summed E-state index contributed by atoms with van der Waals surface area (Å²) in [7, 11) is 0. The molecule has 0 saturated heterocycles. The second-order valence-corrected chi connectivity index (χ2v) is 8.43. The van der Waals surface area contributed by atoms with Gasteiger partial charge in [-0.2, -0.15) is 0 Å². The van der Waals surface area contributed by atoms with E-state index in [9.17, 15) is 14.4 Å². The van der Waals surface area contributed by atoms with Crippen molar-refractivity contribution in [3.05, 3.63) is 46.3 Å². The van der Waals surface area contributed by atoms with E-state index in [1.54, 1.807) is 24.3 Å². The Labute approximate surface area is 176 Å². The zero-order valence-corrected chi connectivity index (χ0v) is 17.3. The topological polar surface area (TPSA) is 76.8 Å². The highest BCUT2D eigenvalue weighted by Crippen LogP contribution is 2.30. The molecule has 0 aliphatic heterocycles. The Morgan fingerprint density at radius 3 is 2.17 bits per heavy atom. The number of nitrogens with zero attached hydrogens (tertiary/aromatic N) is 1. The third-order valence-corrected chi connectivity index (χ3v) is 6.39. The summed E-state index contributed by atoms with van der Waals surface area (Å²) in [5.74, 6) is -1.09. The van der Waals surface area contributed by atoms with Crippen LogP contribution in [0.1, 0.15) is 74.8 Å². The van der Waals surface area contributed by atoms with Crippen molar-refractivity contribution in [2.24, 2.45) is 0 Å². The summed E-state index contributed by atoms with van der Waals surface area (Å²) in [5.41, 5.74) is 0.0236. The van der Waals surface area contributed by atoms with Crippen LogP contribution in [0.2, 0.25) is 0 Å². The van der Waals surface area contributed by atoms with Gasteiger partial charge in [0.25, 0.3) is 5.91 Å². The lowest BCUT2D eigenvalue weighted by molar-refractivity contribution is -0.141. The Balaban J connectivity index is 1.45. The highest BCUT2D eigenvalue weighted by molar-refractivity contribution is 5.90. The van der Waals surface area contributed by atoms with Gasteiger partial charge in [0.2, 0.25) is 5.76 Å². The average Bonchev–Trinajstić information content (AvgIpc) is 2.79. The fourth-order valence-corrected chi connectivity index (χ4v) is 4.90. The van der Waals surface area contributed by atoms with Gasteiger partial charge >= 0.3 is 5.97 Å². The van der Waals surface area contributed by atoms with Crippen LogP contribution >= 0.6 is 0 Å². The standard InChI is InChI=1S/C24H29NO5/c26-20-15-22(30-21-14-8-7-13-19(20)21)24(28)29-16-23(27)25(17-9-3-1-4-10-17)18-11-5-2-6-12-18/h7-8,13-15,17-18H,1-6,9-12,16H2. The normalized spacial score (nSPS) is 18.3. The van der Waals surface area contributed by atoms with Gasteiger partial charge in [0.15, 0.2) is 12.0 Å². The number of carbonyl (C=O) groups excluding carboxylic acids is 2. The van der Waals surface area contributed by atoms with Gasteiger partial charge < -0.3 is 14.1 Å². The van der Waals surface area contributed by atoms with Gasteiger partial charge in [0, 0.05) is 18.2 Å². The Kier molecular flexibility index (Phi) is 6.50. The molecule has 0 spiro atoms. The van der Waals surface area contributed by atoms with Crippen molar-refractivity contribution in [1.82, 2.24) is 4.90 Å². The summed E-state index contributed by atoms with van der Waals surface area (Å²) in [6.45, 7) is -0.317. The first kappa shape index (κ1) is 20.6. The molecule has 0 atom stereocenters. The number of amides is 1. The number of ether oxygens (including phenoxy) is 1. The predicted octanol–water partition coefficient (Wildman–Crippen LogP) is 4.44. The minimum Gasteiger partial charge on any atom is -0.450 e. The molecule has 160 valence electrons. The third-order valence-electron chi connectivity index (χ3n) is 6.39. The fraction of sp³-hybridized carbons (Fsp3) is 0.542. The van der Waals surface area contributed by atoms with E-state index in [0.29, 0.717) is 11.0 Å². The van der Waals surface area contributed by atoms with E-state index in [1.165, 1.54) is 12.8 Å². The van der Waals surface area contributed by atoms with Crippen LogP contribution in [0.25, 0.3) is 11.0 Å². The van der Waals surface area contributed by atoms with Crippen LogP contribution in [-0.4, -0.2) is 35.5 Å². The minimum absolute atomic E-state index is 0.134. The van der Waals surface area contributed by atoms with Crippen molar-refractivity contribution < 1.29 is 18.7 Å². The van der Waals surface area contributed by atoms with Crippen LogP contribution in [-0.2, 0) is 9.53 Å². The average molecular weight is 411 g/mol. The lowest BCUT2D eigenvalue weighted by atomic mass is 9.88. The van der Waals surface area contributed by atoms with Crippen molar-refractivity contribution in [2.45, 2.75) is 76.3 Å². The maximum absolute atomic E-state index is 13.1. The van der Waals surface area contributed by atoms with E-state index in [-0.39, 0.29) is 35.8 Å². The number of hydrogen-bond acceptors (Lipinski definition) is 5. The van der Waals surface area contributed by atoms with Gasteiger partial charge in [-0.3, -0.25) is 9.59 Å². The molecule has 2 fully saturated rings. The van der Waals surface area contributed by atoms with Gasteiger partial charge in [-0.15, -0.1) is 0 Å². The van der Waals surface area contributed by atoms with Crippen molar-refractivity contribution in [3.63, 3.8) is 0 Å². The molecular weight excluding hydrogens is 382 g/mol. The van der Waals surface area contributed by atoms with Crippen molar-refractivity contribution in [2.75, 3.05) is 6.61 Å². The Morgan fingerprint density at radius 1 is 0.933 bits per heavy atom. The molecule has 0 bridgehead atoms. The minimum atomic E-state index is -0.779. The molecule has 1 heterocycles. The summed E-state index contributed by atoms with van der Waals surface area (Å²) in [5, 5.41) is 0.408. The zero-order chi connectivity index (χ0) is 20.9. The summed E-state index contributed by atoms with van der Waals surface area (Å²) in [6, 6.07) is 8.36. The van der Waals surface area contributed by atoms with Gasteiger partial charge in [0.05, 0.1) is 5.39 Å². The molecule has 0 unspecified atom stereocenters. The molecule has 4 rings (SSSR count). The number of benzene rings is 1. The number of hydrogen-bond donors (Lipinski definition) is 0. The van der Waals surface area contributed by atoms with Gasteiger partial charge in [-0.25, -0.2) is 4.79 Å². The summed E-state index contributed by atoms with van der Waals surface area (Å²) in [4.78, 5) is 39.8. The molecule has 2 aromatic rings. The van der Waals surface area contributed by atoms with Crippen molar-refractivity contribution >= 4 is 22.8 Å². The Bertz CT molecular complexity index is 935. The first-order valence-electron chi connectivity index (χ1n) is 11.1. The number of rotatable bonds is 5. The van der Waals surface area contributed by atoms with E-state index in [1.807, 2.05) is 4.90 Å². The van der Waals surface area contributed by atoms with Crippen LogP contribution < -0.4 is 5.43 Å². The molecule has 30 heavy (non-hydrogen) atoms. The molecule has 2 aliphatic carbocycles. The smallest absolute Gasteiger partial charge is 0.374 e. The van der Waals surface area contributed by atoms with Crippen LogP contribution in [0.4, 0.5) is 0 Å². The fourth-order valence-electron chi connectivity index (χ4n) is 4.90. The van der Waals surface area contributed by atoms with Gasteiger partial charge in [-0.05, 0) is 37.8 Å². The Hall–Kier alpha value is -2.63. The summed E-state index contributed by atoms with van der Waals surface area (Å²) < 4.78 is 10.8. The Morgan fingerprint density at radius 2 is 1.53 bits per heavy atom. The molecule has 6 nitrogen and oxygen atoms in total. The first-order valence-corrected chi connectivity index (χ1v) is 11.1. The van der Waals surface area contributed by atoms with E-state index in [2.05, 4.69) is 0 Å². The summed E-state index contributed by atoms with van der Waals surface area (Å²) in [6.07, 6.45) is 11.1. The number of fused-ring (bicyclic) bond motifs is 1. The van der Waals surface area contributed by atoms with Crippen LogP contribution in [0.3, 0.4) is 0 Å². The number of esters is 1. The maximum Gasteiger partial charge on any atom is 0.374 e. The van der Waals surface area contributed by atoms with Gasteiger partial charge in [0.1, 0.15) is 5.58 Å².